The molecule has 4 heterocycles. The summed E-state index contributed by atoms with van der Waals surface area (Å²) in [6.45, 7) is 4.88. The second-order valence-corrected chi connectivity index (χ2v) is 31.6. The molecule has 0 bridgehead atoms. The second-order valence-electron chi connectivity index (χ2n) is 20.9. The Hall–Kier alpha value is -15.4. The van der Waals surface area contributed by atoms with Gasteiger partial charge in [-0.2, -0.15) is 8.61 Å². The summed E-state index contributed by atoms with van der Waals surface area (Å²) in [4.78, 5) is 0.439. The van der Waals surface area contributed by atoms with Crippen LogP contribution in [0.2, 0.25) is 0 Å². The molecule has 3 aromatic rings. The van der Waals surface area contributed by atoms with E-state index in [1.54, 1.807) is 48.5 Å². The van der Waals surface area contributed by atoms with E-state index in [4.69, 9.17) is 33.0 Å². The quantitative estimate of drug-likeness (QED) is 0.190. The Balaban J connectivity index is 0.000000583. The van der Waals surface area contributed by atoms with Crippen molar-refractivity contribution in [3.05, 3.63) is 83.0 Å². The van der Waals surface area contributed by atoms with Crippen LogP contribution in [0.3, 0.4) is 0 Å². The lowest BCUT2D eigenvalue weighted by Gasteiger charge is -2.42. The van der Waals surface area contributed by atoms with E-state index < -0.39 is 34.8 Å². The summed E-state index contributed by atoms with van der Waals surface area (Å²) in [6.07, 6.45) is 12.6. The number of nitrogens with zero attached hydrogens (tertiary/aromatic N) is 2. The number of benzene rings is 3. The van der Waals surface area contributed by atoms with Gasteiger partial charge in [-0.25, -0.2) is 25.3 Å². The molecule has 2 N–H and O–H groups in total. The zero-order valence-corrected chi connectivity index (χ0v) is 74.2. The van der Waals surface area contributed by atoms with Crippen LogP contribution >= 0.6 is 90.3 Å². The molecule has 0 radical (unpaired) electrons. The first-order valence-electron chi connectivity index (χ1n) is 33.6. The van der Waals surface area contributed by atoms with E-state index in [-0.39, 0.29) is 66.9 Å². The van der Waals surface area contributed by atoms with Gasteiger partial charge in [-0.05, 0) is 200 Å². The first-order chi connectivity index (χ1) is 59.8. The molecule has 0 aromatic heterocycles. The monoisotopic (exact) mass is 1990 g/mol. The second kappa shape index (κ2) is 63.6. The van der Waals surface area contributed by atoms with E-state index in [0.29, 0.717) is 8.95 Å². The van der Waals surface area contributed by atoms with Crippen molar-refractivity contribution in [3.63, 3.8) is 0 Å². The van der Waals surface area contributed by atoms with Crippen LogP contribution in [0.1, 0.15) is 33.1 Å². The smallest absolute Gasteiger partial charge is 0.261 e. The van der Waals surface area contributed by atoms with Crippen molar-refractivity contribution < 1.29 is 34.7 Å². The van der Waals surface area contributed by atoms with Crippen molar-refractivity contribution in [3.8, 4) is 415 Å². The molecule has 0 unspecified atom stereocenters. The number of hydrogen-bond acceptors (Lipinski definition) is 10. The molecule has 2 spiro atoms. The summed E-state index contributed by atoms with van der Waals surface area (Å²) >= 11 is 16.5. The number of piperidine rings is 2. The topological polar surface area (TPSA) is 151 Å². The van der Waals surface area contributed by atoms with Gasteiger partial charge in [0.15, 0.2) is 0 Å². The molecule has 4 fully saturated rings. The zero-order valence-electron chi connectivity index (χ0n) is 63.1. The third-order valence-electron chi connectivity index (χ3n) is 13.2. The molecule has 4 aliphatic rings. The SMILES string of the molecule is C.C#CC#CC#CC#CC#CC#CC#CC#CC#CC#CC#CC#CC#CC#CC#CC#CC#CC#CC#CC#CC#CC#CC#CC#CC#CC#CC#CC#CC#CC#CC#CC#CC#CC#CC#C.C1CC2(CCN1)NCCO2.O=S(=O)(Cl)c1ccc(Br)cc1.O=S(=O)(c1ccc(Br)cc1Br)N1CCC2(CC1)OCCN2S(=O)(=O)c1ccc(Br)cc1Br. The van der Waals surface area contributed by atoms with Crippen molar-refractivity contribution in [1.82, 2.24) is 19.2 Å². The average Bonchev–Trinajstić information content (AvgIpc) is 1.51. The first kappa shape index (κ1) is 103. The first-order valence-corrected chi connectivity index (χ1v) is 42.7. The third-order valence-corrected chi connectivity index (χ3v) is 21.9. The van der Waals surface area contributed by atoms with Crippen LogP contribution in [0.25, 0.3) is 0 Å². The van der Waals surface area contributed by atoms with Gasteiger partial charge in [0.05, 0.1) is 27.9 Å². The molecule has 0 aliphatic carbocycles. The fourth-order valence-electron chi connectivity index (χ4n) is 8.43. The highest BCUT2D eigenvalue weighted by Gasteiger charge is 2.52. The Bertz CT molecular complexity index is 7280. The van der Waals surface area contributed by atoms with Crippen LogP contribution in [-0.4, -0.2) is 97.8 Å². The van der Waals surface area contributed by atoms with E-state index in [9.17, 15) is 25.3 Å². The van der Waals surface area contributed by atoms with Crippen molar-refractivity contribution in [2.45, 2.75) is 59.2 Å². The highest BCUT2D eigenvalue weighted by atomic mass is 79.9. The van der Waals surface area contributed by atoms with E-state index in [1.165, 1.54) is 20.7 Å². The number of halogens is 6. The molecule has 12 nitrogen and oxygen atoms in total. The number of sulfonamides is 2. The minimum absolute atomic E-state index is 0. The molecule has 3 aromatic carbocycles. The number of terminal acetylenes is 2. The Kier molecular flexibility index (Phi) is 52.7. The molecular formula is C103H42Br5ClN4O8S3. The molecule has 0 atom stereocenters. The van der Waals surface area contributed by atoms with Gasteiger partial charge in [-0.1, -0.05) is 55.2 Å². The molecule has 4 aliphatic heterocycles. The Labute approximate surface area is 776 Å². The van der Waals surface area contributed by atoms with Crippen molar-refractivity contribution >= 4 is 119 Å². The van der Waals surface area contributed by atoms with Gasteiger partial charge in [0.2, 0.25) is 20.0 Å². The fourth-order valence-corrected chi connectivity index (χ4v) is 16.0. The number of rotatable bonds is 5. The molecule has 21 heteroatoms. The van der Waals surface area contributed by atoms with E-state index >= 15 is 0 Å². The summed E-state index contributed by atoms with van der Waals surface area (Å²) in [5.41, 5.74) is -1.00. The molecule has 7 rings (SSSR count). The predicted octanol–water partition coefficient (Wildman–Crippen LogP) is 8.00. The standard InChI is InChI=1S/C70H2.C19H18Br4N2O5S2.C7H14N2O.C6H4BrClO2S.CH4/c1-3-5-7-9-11-13-15-17-19-21-23-25-27-29-31-33-35-37-39-41-43-45-47-49-51-53-55-57-59-61-63-65-67-69-70-68-66-64-62-60-58-56-54-52-50-48-46-44-42-40-38-36-34-32-30-28-26-24-22-20-18-16-14-12-10-8-6-4-2;20-13-1-3-17(15(22)11-13)31(26,27)24-7-5-19(6-8-24)25(9-10-30-19)32(28,29)18-4-2-14(21)12-16(18)23;1-3-8-4-2-7(1)9-5-6-10-7;7-5-1-3-6(4-2-5)11(8,9)10;/h1-2H;1-4,11-12H,5-10H2;8-9H,1-6H2;1-4H;1H4. The lowest BCUT2D eigenvalue weighted by molar-refractivity contribution is -0.0806. The fraction of sp³-hybridized carbons (Fsp3) is 0.146. The van der Waals surface area contributed by atoms with Gasteiger partial charge in [0, 0.05) is 393 Å². The molecule has 4 saturated heterocycles. The number of nitrogens with one attached hydrogen (secondary N) is 2. The predicted molar refractivity (Wildman–Crippen MR) is 501 cm³/mol. The van der Waals surface area contributed by atoms with Crippen LogP contribution in [0.15, 0.2) is 97.7 Å². The molecule has 0 saturated carbocycles. The van der Waals surface area contributed by atoms with Gasteiger partial charge in [0.1, 0.15) is 11.4 Å². The van der Waals surface area contributed by atoms with Crippen molar-refractivity contribution in [1.29, 1.82) is 0 Å². The summed E-state index contributed by atoms with van der Waals surface area (Å²) < 4.78 is 92.3. The van der Waals surface area contributed by atoms with Gasteiger partial charge in [-0.15, -0.1) is 12.8 Å². The Morgan fingerprint density at radius 1 is 0.315 bits per heavy atom. The number of ether oxygens (including phenoxy) is 2. The summed E-state index contributed by atoms with van der Waals surface area (Å²) in [6, 6.07) is 15.9. The van der Waals surface area contributed by atoms with Gasteiger partial charge < -0.3 is 14.8 Å². The molecule has 124 heavy (non-hydrogen) atoms. The summed E-state index contributed by atoms with van der Waals surface area (Å²) in [5.74, 6) is 168. The highest BCUT2D eigenvalue weighted by molar-refractivity contribution is 9.11. The van der Waals surface area contributed by atoms with E-state index in [2.05, 4.69) is 493 Å². The van der Waals surface area contributed by atoms with E-state index in [0.717, 1.165) is 52.5 Å². The lowest BCUT2D eigenvalue weighted by atomic mass is 10.0. The minimum atomic E-state index is -3.85. The molecular weight excluding hydrogens is 1950 g/mol. The summed E-state index contributed by atoms with van der Waals surface area (Å²) in [7, 11) is -6.09. The summed E-state index contributed by atoms with van der Waals surface area (Å²) in [5, 5.41) is 6.73. The molecule has 0 amide bonds. The normalized spacial score (nSPS) is 10.9. The van der Waals surface area contributed by atoms with Crippen molar-refractivity contribution in [2.24, 2.45) is 0 Å². The molecule has 582 valence electrons. The lowest BCUT2D eigenvalue weighted by Crippen LogP contribution is -2.55. The number of hydrogen-bond donors (Lipinski definition) is 2. The Morgan fingerprint density at radius 2 is 0.565 bits per heavy atom. The van der Waals surface area contributed by atoms with Crippen molar-refractivity contribution in [2.75, 3.05) is 52.5 Å². The van der Waals surface area contributed by atoms with Gasteiger partial charge in [-0.3, -0.25) is 5.32 Å². The van der Waals surface area contributed by atoms with Crippen LogP contribution in [-0.2, 0) is 38.6 Å². The minimum Gasteiger partial charge on any atom is -0.359 e. The zero-order chi connectivity index (χ0) is 88.7. The maximum Gasteiger partial charge on any atom is 0.261 e. The van der Waals surface area contributed by atoms with Gasteiger partial charge >= 0.3 is 0 Å². The highest BCUT2D eigenvalue weighted by Crippen LogP contribution is 2.42. The largest absolute Gasteiger partial charge is 0.359 e. The maximum atomic E-state index is 13.5. The van der Waals surface area contributed by atoms with Crippen LogP contribution < -0.4 is 10.6 Å². The van der Waals surface area contributed by atoms with Crippen LogP contribution in [0, 0.1) is 415 Å². The van der Waals surface area contributed by atoms with Crippen LogP contribution in [0.4, 0.5) is 0 Å². The van der Waals surface area contributed by atoms with Crippen LogP contribution in [0.5, 0.6) is 0 Å². The average molecular weight is 1990 g/mol. The third kappa shape index (κ3) is 45.5. The van der Waals surface area contributed by atoms with Gasteiger partial charge in [0.25, 0.3) is 9.05 Å². The Morgan fingerprint density at radius 3 is 0.798 bits per heavy atom. The van der Waals surface area contributed by atoms with E-state index in [1.807, 2.05) is 0 Å². The maximum absolute atomic E-state index is 13.5.